The van der Waals surface area contributed by atoms with E-state index in [1.807, 2.05) is 121 Å². The van der Waals surface area contributed by atoms with Crippen LogP contribution in [0.4, 0.5) is 4.79 Å². The lowest BCUT2D eigenvalue weighted by molar-refractivity contribution is -0.147. The van der Waals surface area contributed by atoms with Gasteiger partial charge in [-0.25, -0.2) is 4.79 Å². The fraction of sp³-hybridized carbons (Fsp3) is 0.206. The highest BCUT2D eigenvalue weighted by Crippen LogP contribution is 2.09. The molecule has 0 aliphatic carbocycles. The van der Waals surface area contributed by atoms with E-state index in [0.717, 1.165) is 22.3 Å². The van der Waals surface area contributed by atoms with Crippen molar-refractivity contribution in [1.82, 2.24) is 10.6 Å². The van der Waals surface area contributed by atoms with Crippen LogP contribution in [0.15, 0.2) is 121 Å². The summed E-state index contributed by atoms with van der Waals surface area (Å²) in [6.07, 6.45) is -0.0624. The fourth-order valence-corrected chi connectivity index (χ4v) is 4.27. The molecule has 0 unspecified atom stereocenters. The van der Waals surface area contributed by atoms with Crippen molar-refractivity contribution in [2.75, 3.05) is 6.54 Å². The molecule has 42 heavy (non-hydrogen) atoms. The molecule has 4 aromatic rings. The summed E-state index contributed by atoms with van der Waals surface area (Å²) in [5.41, 5.74) is 3.53. The average molecular weight is 587 g/mol. The van der Waals surface area contributed by atoms with Gasteiger partial charge < -0.3 is 14.8 Å². The lowest BCUT2D eigenvalue weighted by atomic mass is 10.0. The van der Waals surface area contributed by atoms with Gasteiger partial charge in [0.1, 0.15) is 19.3 Å². The number of rotatable bonds is 14. The van der Waals surface area contributed by atoms with Crippen LogP contribution in [0, 0.1) is 0 Å². The predicted molar refractivity (Wildman–Crippen MR) is 164 cm³/mol. The molecule has 0 saturated carbocycles. The van der Waals surface area contributed by atoms with Crippen LogP contribution in [0.3, 0.4) is 0 Å². The second kappa shape index (κ2) is 17.4. The van der Waals surface area contributed by atoms with Gasteiger partial charge in [-0.05, 0) is 35.1 Å². The molecule has 4 aromatic carbocycles. The SMILES string of the molecule is Cl.O=C(N[C@@H](Cc1ccccc1)C(=O)CN[C@@H](Cc1ccccc1)C(=O)OCc1ccccc1)OCc1ccccc1. The van der Waals surface area contributed by atoms with E-state index in [-0.39, 0.29) is 44.4 Å². The van der Waals surface area contributed by atoms with E-state index in [2.05, 4.69) is 10.6 Å². The topological polar surface area (TPSA) is 93.7 Å². The molecule has 0 saturated heterocycles. The normalized spacial score (nSPS) is 11.8. The summed E-state index contributed by atoms with van der Waals surface area (Å²) in [6.45, 7) is 0.0734. The van der Waals surface area contributed by atoms with Gasteiger partial charge in [-0.15, -0.1) is 12.4 Å². The van der Waals surface area contributed by atoms with Crippen LogP contribution >= 0.6 is 12.4 Å². The van der Waals surface area contributed by atoms with Crippen molar-refractivity contribution >= 4 is 30.3 Å². The second-order valence-electron chi connectivity index (χ2n) is 9.63. The smallest absolute Gasteiger partial charge is 0.408 e. The first-order chi connectivity index (χ1) is 20.1. The highest BCUT2D eigenvalue weighted by molar-refractivity contribution is 5.90. The highest BCUT2D eigenvalue weighted by Gasteiger charge is 2.26. The minimum atomic E-state index is -0.856. The minimum absolute atomic E-state index is 0. The molecule has 1 amide bonds. The van der Waals surface area contributed by atoms with Gasteiger partial charge in [-0.2, -0.15) is 0 Å². The molecule has 0 spiro atoms. The van der Waals surface area contributed by atoms with E-state index in [0.29, 0.717) is 6.42 Å². The number of carbonyl (C=O) groups excluding carboxylic acids is 3. The fourth-order valence-electron chi connectivity index (χ4n) is 4.27. The summed E-state index contributed by atoms with van der Waals surface area (Å²) in [7, 11) is 0. The Bertz CT molecular complexity index is 1370. The van der Waals surface area contributed by atoms with Crippen molar-refractivity contribution in [3.8, 4) is 0 Å². The number of halogens is 1. The Balaban J connectivity index is 0.00000484. The molecule has 2 atom stereocenters. The molecule has 2 N–H and O–H groups in total. The summed E-state index contributed by atoms with van der Waals surface area (Å²) < 4.78 is 11.0. The molecule has 0 radical (unpaired) electrons. The molecular formula is C34H35ClN2O5. The lowest BCUT2D eigenvalue weighted by Gasteiger charge is -2.21. The van der Waals surface area contributed by atoms with Crippen LogP contribution < -0.4 is 10.6 Å². The van der Waals surface area contributed by atoms with Gasteiger partial charge in [0.05, 0.1) is 12.6 Å². The summed E-state index contributed by atoms with van der Waals surface area (Å²) in [5, 5.41) is 5.80. The number of benzene rings is 4. The summed E-state index contributed by atoms with van der Waals surface area (Å²) in [4.78, 5) is 39.2. The van der Waals surface area contributed by atoms with E-state index >= 15 is 0 Å². The molecule has 0 bridgehead atoms. The zero-order valence-corrected chi connectivity index (χ0v) is 24.0. The molecule has 0 heterocycles. The van der Waals surface area contributed by atoms with Crippen molar-refractivity contribution in [3.63, 3.8) is 0 Å². The van der Waals surface area contributed by atoms with E-state index < -0.39 is 24.1 Å². The van der Waals surface area contributed by atoms with Crippen molar-refractivity contribution in [2.24, 2.45) is 0 Å². The third kappa shape index (κ3) is 10.8. The Morgan fingerprint density at radius 2 is 0.952 bits per heavy atom. The number of nitrogens with one attached hydrogen (secondary N) is 2. The lowest BCUT2D eigenvalue weighted by Crippen LogP contribution is -2.49. The van der Waals surface area contributed by atoms with Crippen molar-refractivity contribution in [2.45, 2.75) is 38.1 Å². The number of hydrogen-bond acceptors (Lipinski definition) is 6. The molecule has 7 nitrogen and oxygen atoms in total. The van der Waals surface area contributed by atoms with Crippen molar-refractivity contribution in [3.05, 3.63) is 144 Å². The van der Waals surface area contributed by atoms with Crippen LogP contribution in [0.1, 0.15) is 22.3 Å². The molecule has 4 rings (SSSR count). The zero-order valence-electron chi connectivity index (χ0n) is 23.2. The minimum Gasteiger partial charge on any atom is -0.460 e. The van der Waals surface area contributed by atoms with Gasteiger partial charge in [0.25, 0.3) is 0 Å². The van der Waals surface area contributed by atoms with E-state index in [9.17, 15) is 14.4 Å². The third-order valence-corrected chi connectivity index (χ3v) is 6.49. The third-order valence-electron chi connectivity index (χ3n) is 6.49. The quantitative estimate of drug-likeness (QED) is 0.191. The summed E-state index contributed by atoms with van der Waals surface area (Å²) >= 11 is 0. The Morgan fingerprint density at radius 1 is 0.548 bits per heavy atom. The molecule has 8 heteroatoms. The highest BCUT2D eigenvalue weighted by atomic mass is 35.5. The molecular weight excluding hydrogens is 552 g/mol. The Labute approximate surface area is 252 Å². The van der Waals surface area contributed by atoms with E-state index in [1.54, 1.807) is 0 Å². The maximum absolute atomic E-state index is 13.4. The van der Waals surface area contributed by atoms with Crippen LogP contribution in [-0.4, -0.2) is 36.5 Å². The van der Waals surface area contributed by atoms with Crippen molar-refractivity contribution < 1.29 is 23.9 Å². The Morgan fingerprint density at radius 3 is 1.43 bits per heavy atom. The standard InChI is InChI=1S/C34H34N2O5.ClH/c37-32(30(21-26-13-5-1-6-14-26)36-34(39)41-25-29-19-11-4-12-20-29)23-35-31(22-27-15-7-2-8-16-27)33(38)40-24-28-17-9-3-10-18-28;/h1-20,30-31,35H,21-25H2,(H,36,39);1H/t30-,31-;/m0./s1. The molecule has 0 aliphatic heterocycles. The number of carbonyl (C=O) groups is 3. The maximum Gasteiger partial charge on any atom is 0.408 e. The van der Waals surface area contributed by atoms with Crippen molar-refractivity contribution in [1.29, 1.82) is 0 Å². The number of ketones is 1. The molecule has 0 aromatic heterocycles. The Kier molecular flexibility index (Phi) is 13.3. The number of esters is 1. The first-order valence-electron chi connectivity index (χ1n) is 13.6. The molecule has 0 aliphatic rings. The van der Waals surface area contributed by atoms with Gasteiger partial charge in [0, 0.05) is 0 Å². The van der Waals surface area contributed by atoms with E-state index in [1.165, 1.54) is 0 Å². The second-order valence-corrected chi connectivity index (χ2v) is 9.63. The van der Waals surface area contributed by atoms with Gasteiger partial charge >= 0.3 is 12.1 Å². The molecule has 218 valence electrons. The van der Waals surface area contributed by atoms with Gasteiger partial charge in [-0.3, -0.25) is 14.9 Å². The monoisotopic (exact) mass is 586 g/mol. The van der Waals surface area contributed by atoms with Crippen LogP contribution in [0.25, 0.3) is 0 Å². The first kappa shape index (κ1) is 32.1. The van der Waals surface area contributed by atoms with Crippen LogP contribution in [0.2, 0.25) is 0 Å². The maximum atomic E-state index is 13.4. The molecule has 0 fully saturated rings. The summed E-state index contributed by atoms with van der Waals surface area (Å²) in [5.74, 6) is -0.736. The zero-order chi connectivity index (χ0) is 28.7. The number of amides is 1. The van der Waals surface area contributed by atoms with Gasteiger partial charge in [0.15, 0.2) is 5.78 Å². The number of ether oxygens (including phenoxy) is 2. The van der Waals surface area contributed by atoms with Crippen LogP contribution in [-0.2, 0) is 45.1 Å². The summed E-state index contributed by atoms with van der Waals surface area (Å²) in [6, 6.07) is 36.1. The number of Topliss-reactive ketones (excluding diaryl/α,β-unsaturated/α-hetero) is 1. The van der Waals surface area contributed by atoms with Gasteiger partial charge in [-0.1, -0.05) is 121 Å². The average Bonchev–Trinajstić information content (AvgIpc) is 3.02. The first-order valence-corrected chi connectivity index (χ1v) is 13.6. The van der Waals surface area contributed by atoms with Gasteiger partial charge in [0.2, 0.25) is 0 Å². The Hall–Kier alpha value is -4.46. The predicted octanol–water partition coefficient (Wildman–Crippen LogP) is 5.46. The van der Waals surface area contributed by atoms with E-state index in [4.69, 9.17) is 9.47 Å². The largest absolute Gasteiger partial charge is 0.460 e. The number of hydrogen-bond donors (Lipinski definition) is 2. The number of alkyl carbamates (subject to hydrolysis) is 1. The van der Waals surface area contributed by atoms with Crippen LogP contribution in [0.5, 0.6) is 0 Å².